The zero-order valence-electron chi connectivity index (χ0n) is 15.5. The summed E-state index contributed by atoms with van der Waals surface area (Å²) in [5.41, 5.74) is 5.24. The third-order valence-electron chi connectivity index (χ3n) is 5.11. The lowest BCUT2D eigenvalue weighted by molar-refractivity contribution is 0.160. The molecular formula is C21H27NO3. The molecule has 25 heavy (non-hydrogen) atoms. The number of phenols is 1. The summed E-state index contributed by atoms with van der Waals surface area (Å²) >= 11 is 0. The molecule has 2 aliphatic heterocycles. The first-order valence-electron chi connectivity index (χ1n) is 8.99. The predicted octanol–water partition coefficient (Wildman–Crippen LogP) is 4.09. The van der Waals surface area contributed by atoms with Crippen molar-refractivity contribution >= 4 is 0 Å². The van der Waals surface area contributed by atoms with E-state index in [1.165, 1.54) is 22.3 Å². The van der Waals surface area contributed by atoms with Gasteiger partial charge in [0.25, 0.3) is 0 Å². The second-order valence-corrected chi connectivity index (χ2v) is 6.30. The SMILES string of the molecule is CC.COc1ccc2c(c1)CCN1Cc3cc(OC)c(O)cc3CC21. The van der Waals surface area contributed by atoms with Gasteiger partial charge in [-0.3, -0.25) is 4.90 Å². The molecule has 2 aromatic rings. The van der Waals surface area contributed by atoms with Crippen molar-refractivity contribution in [3.8, 4) is 17.2 Å². The van der Waals surface area contributed by atoms with Gasteiger partial charge in [-0.05, 0) is 59.4 Å². The van der Waals surface area contributed by atoms with Crippen molar-refractivity contribution in [2.75, 3.05) is 20.8 Å². The third kappa shape index (κ3) is 3.19. The van der Waals surface area contributed by atoms with E-state index in [4.69, 9.17) is 9.47 Å². The molecule has 0 amide bonds. The molecule has 4 heteroatoms. The first-order chi connectivity index (χ1) is 12.2. The Morgan fingerprint density at radius 2 is 1.80 bits per heavy atom. The lowest BCUT2D eigenvalue weighted by Crippen LogP contribution is -2.39. The van der Waals surface area contributed by atoms with Crippen molar-refractivity contribution in [1.82, 2.24) is 4.90 Å². The van der Waals surface area contributed by atoms with Crippen LogP contribution in [0.4, 0.5) is 0 Å². The summed E-state index contributed by atoms with van der Waals surface area (Å²) in [6.45, 7) is 5.95. The molecule has 2 aromatic carbocycles. The summed E-state index contributed by atoms with van der Waals surface area (Å²) < 4.78 is 10.6. The van der Waals surface area contributed by atoms with Crippen molar-refractivity contribution in [3.05, 3.63) is 52.6 Å². The van der Waals surface area contributed by atoms with Gasteiger partial charge in [-0.2, -0.15) is 0 Å². The van der Waals surface area contributed by atoms with Gasteiger partial charge in [0.1, 0.15) is 5.75 Å². The Labute approximate surface area is 150 Å². The van der Waals surface area contributed by atoms with Crippen molar-refractivity contribution in [1.29, 1.82) is 0 Å². The summed E-state index contributed by atoms with van der Waals surface area (Å²) in [6, 6.07) is 10.6. The highest BCUT2D eigenvalue weighted by molar-refractivity contribution is 5.49. The van der Waals surface area contributed by atoms with Crippen LogP contribution in [0.1, 0.15) is 42.1 Å². The van der Waals surface area contributed by atoms with Crippen LogP contribution in [0.25, 0.3) is 0 Å². The van der Waals surface area contributed by atoms with Gasteiger partial charge in [0.05, 0.1) is 14.2 Å². The molecule has 0 saturated carbocycles. The van der Waals surface area contributed by atoms with Gasteiger partial charge < -0.3 is 14.6 Å². The first kappa shape index (κ1) is 17.6. The number of rotatable bonds is 2. The smallest absolute Gasteiger partial charge is 0.160 e. The highest BCUT2D eigenvalue weighted by Gasteiger charge is 2.32. The monoisotopic (exact) mass is 341 g/mol. The molecule has 1 unspecified atom stereocenters. The predicted molar refractivity (Wildman–Crippen MR) is 99.6 cm³/mol. The van der Waals surface area contributed by atoms with Gasteiger partial charge in [-0.1, -0.05) is 19.9 Å². The molecule has 134 valence electrons. The van der Waals surface area contributed by atoms with Crippen molar-refractivity contribution in [2.24, 2.45) is 0 Å². The fourth-order valence-electron chi connectivity index (χ4n) is 3.88. The molecule has 2 heterocycles. The van der Waals surface area contributed by atoms with Crippen LogP contribution in [0.5, 0.6) is 17.2 Å². The topological polar surface area (TPSA) is 41.9 Å². The van der Waals surface area contributed by atoms with E-state index >= 15 is 0 Å². The van der Waals surface area contributed by atoms with Crippen molar-refractivity contribution < 1.29 is 14.6 Å². The minimum atomic E-state index is 0.227. The van der Waals surface area contributed by atoms with Crippen LogP contribution >= 0.6 is 0 Å². The van der Waals surface area contributed by atoms with E-state index in [1.54, 1.807) is 14.2 Å². The number of aromatic hydroxyl groups is 1. The molecule has 4 rings (SSSR count). The summed E-state index contributed by atoms with van der Waals surface area (Å²) in [6.07, 6.45) is 1.97. The van der Waals surface area contributed by atoms with Crippen LogP contribution in [0.15, 0.2) is 30.3 Å². The molecule has 0 saturated heterocycles. The van der Waals surface area contributed by atoms with Gasteiger partial charge in [0, 0.05) is 19.1 Å². The van der Waals surface area contributed by atoms with Crippen molar-refractivity contribution in [2.45, 2.75) is 39.3 Å². The largest absolute Gasteiger partial charge is 0.504 e. The molecule has 0 spiro atoms. The van der Waals surface area contributed by atoms with E-state index in [2.05, 4.69) is 17.0 Å². The fourth-order valence-corrected chi connectivity index (χ4v) is 3.88. The molecule has 0 fully saturated rings. The Hall–Kier alpha value is -2.20. The maximum Gasteiger partial charge on any atom is 0.160 e. The molecule has 0 bridgehead atoms. The van der Waals surface area contributed by atoms with E-state index in [0.29, 0.717) is 11.8 Å². The summed E-state index contributed by atoms with van der Waals surface area (Å²) in [4.78, 5) is 2.52. The third-order valence-corrected chi connectivity index (χ3v) is 5.11. The second kappa shape index (κ2) is 7.36. The van der Waals surface area contributed by atoms with Crippen LogP contribution < -0.4 is 9.47 Å². The molecule has 0 radical (unpaired) electrons. The first-order valence-corrected chi connectivity index (χ1v) is 8.99. The highest BCUT2D eigenvalue weighted by atomic mass is 16.5. The number of phenolic OH excluding ortho intramolecular Hbond substituents is 1. The van der Waals surface area contributed by atoms with Crippen LogP contribution in [0.2, 0.25) is 0 Å². The average Bonchev–Trinajstić information content (AvgIpc) is 2.67. The summed E-state index contributed by atoms with van der Waals surface area (Å²) in [7, 11) is 3.31. The van der Waals surface area contributed by atoms with Crippen molar-refractivity contribution in [3.63, 3.8) is 0 Å². The Morgan fingerprint density at radius 3 is 2.52 bits per heavy atom. The normalized spacial score (nSPS) is 18.2. The molecular weight excluding hydrogens is 314 g/mol. The average molecular weight is 341 g/mol. The van der Waals surface area contributed by atoms with E-state index in [0.717, 1.165) is 31.7 Å². The number of nitrogens with zero attached hydrogens (tertiary/aromatic N) is 1. The maximum atomic E-state index is 10.1. The molecule has 0 aliphatic carbocycles. The molecule has 2 aliphatic rings. The Morgan fingerprint density at radius 1 is 1.00 bits per heavy atom. The van der Waals surface area contributed by atoms with Gasteiger partial charge in [-0.15, -0.1) is 0 Å². The molecule has 1 atom stereocenters. The van der Waals surface area contributed by atoms with E-state index in [9.17, 15) is 5.11 Å². The standard InChI is InChI=1S/C19H21NO3.C2H6/c1-22-15-3-4-16-12(7-15)5-6-20-11-14-10-19(23-2)18(21)9-13(14)8-17(16)20;1-2/h3-4,7,9-10,17,21H,5-6,8,11H2,1-2H3;1-2H3. The molecule has 1 N–H and O–H groups in total. The lowest BCUT2D eigenvalue weighted by Gasteiger charge is -2.41. The number of hydrogen-bond acceptors (Lipinski definition) is 4. The number of benzene rings is 2. The van der Waals surface area contributed by atoms with Crippen LogP contribution in [0.3, 0.4) is 0 Å². The number of fused-ring (bicyclic) bond motifs is 4. The Kier molecular flexibility index (Phi) is 5.19. The fraction of sp³-hybridized carbons (Fsp3) is 0.429. The summed E-state index contributed by atoms with van der Waals surface area (Å²) in [5, 5.41) is 10.1. The second-order valence-electron chi connectivity index (χ2n) is 6.30. The van der Waals surface area contributed by atoms with Gasteiger partial charge in [0.15, 0.2) is 11.5 Å². The van der Waals surface area contributed by atoms with Gasteiger partial charge >= 0.3 is 0 Å². The van der Waals surface area contributed by atoms with Crippen LogP contribution in [0, 0.1) is 0 Å². The van der Waals surface area contributed by atoms with Gasteiger partial charge in [-0.25, -0.2) is 0 Å². The minimum Gasteiger partial charge on any atom is -0.504 e. The zero-order valence-corrected chi connectivity index (χ0v) is 15.5. The van der Waals surface area contributed by atoms with E-state index < -0.39 is 0 Å². The minimum absolute atomic E-state index is 0.227. The van der Waals surface area contributed by atoms with Crippen LogP contribution in [-0.4, -0.2) is 30.8 Å². The van der Waals surface area contributed by atoms with E-state index in [1.807, 2.05) is 32.0 Å². The Bertz CT molecular complexity index is 757. The lowest BCUT2D eigenvalue weighted by atomic mass is 9.84. The number of methoxy groups -OCH3 is 2. The Balaban J connectivity index is 0.000000880. The van der Waals surface area contributed by atoms with Crippen LogP contribution in [-0.2, 0) is 19.4 Å². The zero-order chi connectivity index (χ0) is 18.0. The number of ether oxygens (including phenoxy) is 2. The highest BCUT2D eigenvalue weighted by Crippen LogP contribution is 2.41. The van der Waals surface area contributed by atoms with Gasteiger partial charge in [0.2, 0.25) is 0 Å². The maximum absolute atomic E-state index is 10.1. The number of hydrogen-bond donors (Lipinski definition) is 1. The molecule has 4 nitrogen and oxygen atoms in total. The van der Waals surface area contributed by atoms with E-state index in [-0.39, 0.29) is 5.75 Å². The summed E-state index contributed by atoms with van der Waals surface area (Å²) in [5.74, 6) is 1.71. The quantitative estimate of drug-likeness (QED) is 0.893. The molecule has 0 aromatic heterocycles.